The van der Waals surface area contributed by atoms with Crippen LogP contribution in [0.25, 0.3) is 31.3 Å². The Morgan fingerprint density at radius 2 is 1.62 bits per heavy atom. The molecule has 102 valence electrons. The number of halogens is 1. The first-order chi connectivity index (χ1) is 10.2. The van der Waals surface area contributed by atoms with Crippen molar-refractivity contribution in [1.29, 1.82) is 0 Å². The average Bonchev–Trinajstić information content (AvgIpc) is 2.87. The summed E-state index contributed by atoms with van der Waals surface area (Å²) in [6.07, 6.45) is 0. The third-order valence-electron chi connectivity index (χ3n) is 3.81. The highest BCUT2D eigenvalue weighted by molar-refractivity contribution is 7.26. The molecule has 0 unspecified atom stereocenters. The third-order valence-corrected chi connectivity index (χ3v) is 5.34. The van der Waals surface area contributed by atoms with Gasteiger partial charge < -0.3 is 0 Å². The second kappa shape index (κ2) is 4.87. The Hall–Kier alpha value is -1.83. The van der Waals surface area contributed by atoms with Crippen molar-refractivity contribution in [1.82, 2.24) is 0 Å². The largest absolute Gasteiger partial charge is 0.135 e. The summed E-state index contributed by atoms with van der Waals surface area (Å²) < 4.78 is 2.54. The fraction of sp³-hybridized carbons (Fsp3) is 0.0526. The summed E-state index contributed by atoms with van der Waals surface area (Å²) in [6, 6.07) is 21.2. The molecule has 4 rings (SSSR count). The summed E-state index contributed by atoms with van der Waals surface area (Å²) in [4.78, 5) is 0. The maximum absolute atomic E-state index is 6.76. The normalized spacial score (nSPS) is 11.3. The SMILES string of the molecule is Cc1ccc2sc3ccc(-c4ccccc4)c(Cl)c3c2c1. The molecule has 0 spiro atoms. The van der Waals surface area contributed by atoms with Crippen LogP contribution in [0.4, 0.5) is 0 Å². The Morgan fingerprint density at radius 3 is 2.43 bits per heavy atom. The van der Waals surface area contributed by atoms with Crippen molar-refractivity contribution in [2.45, 2.75) is 6.92 Å². The van der Waals surface area contributed by atoms with Crippen molar-refractivity contribution in [3.63, 3.8) is 0 Å². The molecule has 0 nitrogen and oxygen atoms in total. The van der Waals surface area contributed by atoms with Crippen molar-refractivity contribution in [2.24, 2.45) is 0 Å². The molecule has 0 N–H and O–H groups in total. The number of fused-ring (bicyclic) bond motifs is 3. The second-order valence-electron chi connectivity index (χ2n) is 5.27. The van der Waals surface area contributed by atoms with Gasteiger partial charge >= 0.3 is 0 Å². The zero-order chi connectivity index (χ0) is 14.4. The van der Waals surface area contributed by atoms with E-state index >= 15 is 0 Å². The van der Waals surface area contributed by atoms with Crippen LogP contribution in [-0.2, 0) is 0 Å². The Kier molecular flexibility index (Phi) is 2.99. The summed E-state index contributed by atoms with van der Waals surface area (Å²) >= 11 is 8.56. The third kappa shape index (κ3) is 2.05. The molecule has 0 radical (unpaired) electrons. The molecule has 1 heterocycles. The van der Waals surface area contributed by atoms with Crippen molar-refractivity contribution < 1.29 is 0 Å². The van der Waals surface area contributed by atoms with Gasteiger partial charge in [-0.05, 0) is 30.7 Å². The highest BCUT2D eigenvalue weighted by Crippen LogP contribution is 2.42. The van der Waals surface area contributed by atoms with E-state index in [9.17, 15) is 0 Å². The zero-order valence-electron chi connectivity index (χ0n) is 11.6. The molecular formula is C19H13ClS. The highest BCUT2D eigenvalue weighted by Gasteiger charge is 2.13. The van der Waals surface area contributed by atoms with E-state index in [1.165, 1.54) is 25.7 Å². The molecule has 0 aliphatic rings. The van der Waals surface area contributed by atoms with Crippen LogP contribution < -0.4 is 0 Å². The fourth-order valence-corrected chi connectivity index (χ4v) is 4.31. The lowest BCUT2D eigenvalue weighted by atomic mass is 10.0. The van der Waals surface area contributed by atoms with Gasteiger partial charge in [-0.15, -0.1) is 11.3 Å². The first kappa shape index (κ1) is 12.9. The Bertz CT molecular complexity index is 952. The first-order valence-corrected chi connectivity index (χ1v) is 8.10. The van der Waals surface area contributed by atoms with E-state index in [1.807, 2.05) is 18.2 Å². The van der Waals surface area contributed by atoms with E-state index in [0.29, 0.717) is 0 Å². The summed E-state index contributed by atoms with van der Waals surface area (Å²) in [6.45, 7) is 2.12. The minimum absolute atomic E-state index is 0.857. The van der Waals surface area contributed by atoms with Gasteiger partial charge in [0.05, 0.1) is 5.02 Å². The number of benzene rings is 3. The van der Waals surface area contributed by atoms with Crippen LogP contribution in [0, 0.1) is 6.92 Å². The number of hydrogen-bond donors (Lipinski definition) is 0. The maximum Gasteiger partial charge on any atom is 0.0577 e. The molecule has 0 saturated carbocycles. The minimum Gasteiger partial charge on any atom is -0.135 e. The van der Waals surface area contributed by atoms with E-state index in [2.05, 4.69) is 49.4 Å². The molecule has 0 saturated heterocycles. The molecule has 0 aliphatic heterocycles. The molecule has 21 heavy (non-hydrogen) atoms. The molecule has 4 aromatic rings. The Balaban J connectivity index is 2.10. The van der Waals surface area contributed by atoms with E-state index < -0.39 is 0 Å². The van der Waals surface area contributed by atoms with Crippen molar-refractivity contribution in [3.8, 4) is 11.1 Å². The summed E-state index contributed by atoms with van der Waals surface area (Å²) in [7, 11) is 0. The lowest BCUT2D eigenvalue weighted by Gasteiger charge is -2.06. The van der Waals surface area contributed by atoms with E-state index in [-0.39, 0.29) is 0 Å². The number of thiophene rings is 1. The molecule has 2 heteroatoms. The Morgan fingerprint density at radius 1 is 0.857 bits per heavy atom. The van der Waals surface area contributed by atoms with Crippen LogP contribution in [0.5, 0.6) is 0 Å². The van der Waals surface area contributed by atoms with Crippen LogP contribution in [-0.4, -0.2) is 0 Å². The average molecular weight is 309 g/mol. The molecule has 0 atom stereocenters. The van der Waals surface area contributed by atoms with Gasteiger partial charge in [-0.2, -0.15) is 0 Å². The zero-order valence-corrected chi connectivity index (χ0v) is 13.1. The van der Waals surface area contributed by atoms with Crippen LogP contribution in [0.3, 0.4) is 0 Å². The van der Waals surface area contributed by atoms with E-state index in [0.717, 1.165) is 16.1 Å². The van der Waals surface area contributed by atoms with Crippen LogP contribution in [0.1, 0.15) is 5.56 Å². The molecule has 1 aromatic heterocycles. The quantitative estimate of drug-likeness (QED) is 0.368. The van der Waals surface area contributed by atoms with E-state index in [1.54, 1.807) is 11.3 Å². The lowest BCUT2D eigenvalue weighted by Crippen LogP contribution is -1.80. The van der Waals surface area contributed by atoms with Gasteiger partial charge in [0.2, 0.25) is 0 Å². The van der Waals surface area contributed by atoms with Crippen molar-refractivity contribution in [2.75, 3.05) is 0 Å². The summed E-state index contributed by atoms with van der Waals surface area (Å²) in [5.41, 5.74) is 3.53. The second-order valence-corrected chi connectivity index (χ2v) is 6.73. The summed E-state index contributed by atoms with van der Waals surface area (Å²) in [5, 5.41) is 3.30. The first-order valence-electron chi connectivity index (χ1n) is 6.91. The standard InChI is InChI=1S/C19H13ClS/c1-12-7-9-16-15(11-12)18-17(21-16)10-8-14(19(18)20)13-5-3-2-4-6-13/h2-11H,1H3. The van der Waals surface area contributed by atoms with Gasteiger partial charge in [0.25, 0.3) is 0 Å². The van der Waals surface area contributed by atoms with Gasteiger partial charge in [-0.1, -0.05) is 59.6 Å². The molecule has 3 aromatic carbocycles. The molecule has 0 aliphatic carbocycles. The minimum atomic E-state index is 0.857. The molecule has 0 bridgehead atoms. The topological polar surface area (TPSA) is 0 Å². The lowest BCUT2D eigenvalue weighted by molar-refractivity contribution is 1.52. The summed E-state index contributed by atoms with van der Waals surface area (Å²) in [5.74, 6) is 0. The fourth-order valence-electron chi connectivity index (χ4n) is 2.78. The van der Waals surface area contributed by atoms with Gasteiger partial charge in [-0.3, -0.25) is 0 Å². The molecule has 0 amide bonds. The predicted molar refractivity (Wildman–Crippen MR) is 94.5 cm³/mol. The predicted octanol–water partition coefficient (Wildman–Crippen LogP) is 6.68. The van der Waals surface area contributed by atoms with Gasteiger partial charge in [0.15, 0.2) is 0 Å². The van der Waals surface area contributed by atoms with Gasteiger partial charge in [0.1, 0.15) is 0 Å². The van der Waals surface area contributed by atoms with Gasteiger partial charge in [0, 0.05) is 25.7 Å². The molecular weight excluding hydrogens is 296 g/mol. The molecule has 0 fully saturated rings. The van der Waals surface area contributed by atoms with Crippen LogP contribution in [0.2, 0.25) is 5.02 Å². The van der Waals surface area contributed by atoms with Crippen molar-refractivity contribution in [3.05, 3.63) is 71.2 Å². The van der Waals surface area contributed by atoms with Crippen LogP contribution >= 0.6 is 22.9 Å². The number of hydrogen-bond acceptors (Lipinski definition) is 1. The van der Waals surface area contributed by atoms with Gasteiger partial charge in [-0.25, -0.2) is 0 Å². The smallest absolute Gasteiger partial charge is 0.0577 e. The maximum atomic E-state index is 6.76. The van der Waals surface area contributed by atoms with Crippen LogP contribution in [0.15, 0.2) is 60.7 Å². The number of rotatable bonds is 1. The number of aryl methyl sites for hydroxylation is 1. The highest BCUT2D eigenvalue weighted by atomic mass is 35.5. The van der Waals surface area contributed by atoms with Crippen molar-refractivity contribution >= 4 is 43.1 Å². The Labute approximate surface area is 132 Å². The van der Waals surface area contributed by atoms with E-state index in [4.69, 9.17) is 11.6 Å². The monoisotopic (exact) mass is 308 g/mol.